The molecule has 0 unspecified atom stereocenters. The number of rotatable bonds is 5. The minimum absolute atomic E-state index is 0.121. The van der Waals surface area contributed by atoms with E-state index in [-0.39, 0.29) is 16.3 Å². The zero-order chi connectivity index (χ0) is 19.4. The van der Waals surface area contributed by atoms with E-state index < -0.39 is 46.4 Å². The highest BCUT2D eigenvalue weighted by Crippen LogP contribution is 2.22. The Labute approximate surface area is 148 Å². The number of anilines is 1. The number of amides is 2. The highest BCUT2D eigenvalue weighted by Gasteiger charge is 2.17. The summed E-state index contributed by atoms with van der Waals surface area (Å²) in [6, 6.07) is 4.57. The molecule has 2 amide bonds. The molecule has 11 heteroatoms. The summed E-state index contributed by atoms with van der Waals surface area (Å²) in [4.78, 5) is 33.5. The van der Waals surface area contributed by atoms with Gasteiger partial charge in [0.25, 0.3) is 11.6 Å². The Morgan fingerprint density at radius 2 is 1.81 bits per heavy atom. The van der Waals surface area contributed by atoms with E-state index in [1.165, 1.54) is 0 Å². The lowest BCUT2D eigenvalue weighted by atomic mass is 10.2. The molecule has 136 valence electrons. The van der Waals surface area contributed by atoms with Crippen molar-refractivity contribution in [2.45, 2.75) is 0 Å². The number of hydrogen-bond acceptors (Lipinski definition) is 4. The molecule has 2 rings (SSSR count). The number of hydrogen-bond donors (Lipinski definition) is 2. The van der Waals surface area contributed by atoms with Crippen LogP contribution < -0.4 is 10.6 Å². The third kappa shape index (κ3) is 4.28. The van der Waals surface area contributed by atoms with Gasteiger partial charge in [-0.25, -0.2) is 13.2 Å². The first-order valence-corrected chi connectivity index (χ1v) is 7.24. The molecular formula is C15H9ClF3N3O4. The van der Waals surface area contributed by atoms with E-state index in [0.29, 0.717) is 6.07 Å². The number of halogens is 4. The number of benzene rings is 2. The Morgan fingerprint density at radius 1 is 1.12 bits per heavy atom. The van der Waals surface area contributed by atoms with Gasteiger partial charge in [0.15, 0.2) is 17.5 Å². The van der Waals surface area contributed by atoms with Gasteiger partial charge in [0, 0.05) is 12.1 Å². The average molecular weight is 388 g/mol. The minimum atomic E-state index is -1.75. The molecule has 0 bridgehead atoms. The zero-order valence-electron chi connectivity index (χ0n) is 12.7. The van der Waals surface area contributed by atoms with Gasteiger partial charge in [0.1, 0.15) is 0 Å². The molecule has 0 aromatic heterocycles. The fourth-order valence-electron chi connectivity index (χ4n) is 1.87. The molecule has 2 N–H and O–H groups in total. The lowest BCUT2D eigenvalue weighted by Crippen LogP contribution is -2.33. The molecule has 0 atom stereocenters. The van der Waals surface area contributed by atoms with Gasteiger partial charge in [-0.15, -0.1) is 0 Å². The van der Waals surface area contributed by atoms with Crippen LogP contribution in [0.4, 0.5) is 24.5 Å². The van der Waals surface area contributed by atoms with Crippen LogP contribution in [0.5, 0.6) is 0 Å². The third-order valence-electron chi connectivity index (χ3n) is 3.13. The average Bonchev–Trinajstić information content (AvgIpc) is 2.60. The van der Waals surface area contributed by atoms with Crippen LogP contribution in [-0.2, 0) is 4.79 Å². The van der Waals surface area contributed by atoms with Crippen LogP contribution in [0.15, 0.2) is 30.3 Å². The molecule has 0 aliphatic carbocycles. The van der Waals surface area contributed by atoms with Gasteiger partial charge in [-0.1, -0.05) is 11.6 Å². The molecule has 0 aliphatic rings. The Bertz CT molecular complexity index is 908. The second-order valence-electron chi connectivity index (χ2n) is 4.88. The third-order valence-corrected chi connectivity index (χ3v) is 3.44. The van der Waals surface area contributed by atoms with Crippen molar-refractivity contribution in [2.24, 2.45) is 0 Å². The van der Waals surface area contributed by atoms with Crippen molar-refractivity contribution in [1.82, 2.24) is 5.32 Å². The van der Waals surface area contributed by atoms with E-state index >= 15 is 0 Å². The fourth-order valence-corrected chi connectivity index (χ4v) is 2.13. The summed E-state index contributed by atoms with van der Waals surface area (Å²) in [6.07, 6.45) is 0. The maximum absolute atomic E-state index is 13.5. The van der Waals surface area contributed by atoms with Crippen molar-refractivity contribution >= 4 is 34.8 Å². The summed E-state index contributed by atoms with van der Waals surface area (Å²) in [7, 11) is 0. The van der Waals surface area contributed by atoms with Gasteiger partial charge in [-0.2, -0.15) is 0 Å². The first kappa shape index (κ1) is 19.2. The van der Waals surface area contributed by atoms with Crippen molar-refractivity contribution < 1.29 is 27.7 Å². The SMILES string of the molecule is O=C(CNC(=O)c1ccc([N+](=O)[O-])cc1Cl)Nc1ccc(F)c(F)c1F. The predicted octanol–water partition coefficient (Wildman–Crippen LogP) is 3.03. The zero-order valence-corrected chi connectivity index (χ0v) is 13.4. The number of nitro groups is 1. The van der Waals surface area contributed by atoms with Crippen LogP contribution in [0.3, 0.4) is 0 Å². The van der Waals surface area contributed by atoms with E-state index in [1.54, 1.807) is 0 Å². The van der Waals surface area contributed by atoms with E-state index in [4.69, 9.17) is 11.6 Å². The monoisotopic (exact) mass is 387 g/mol. The van der Waals surface area contributed by atoms with E-state index in [0.717, 1.165) is 24.3 Å². The maximum Gasteiger partial charge on any atom is 0.270 e. The van der Waals surface area contributed by atoms with Crippen LogP contribution in [0.25, 0.3) is 0 Å². The molecule has 26 heavy (non-hydrogen) atoms. The van der Waals surface area contributed by atoms with E-state index in [1.807, 2.05) is 5.32 Å². The summed E-state index contributed by atoms with van der Waals surface area (Å²) in [5.41, 5.74) is -1.04. The second-order valence-corrected chi connectivity index (χ2v) is 5.28. The second kappa shape index (κ2) is 7.83. The molecule has 0 heterocycles. The first-order chi connectivity index (χ1) is 12.2. The smallest absolute Gasteiger partial charge is 0.270 e. The fraction of sp³-hybridized carbons (Fsp3) is 0.0667. The van der Waals surface area contributed by atoms with Crippen molar-refractivity contribution in [2.75, 3.05) is 11.9 Å². The van der Waals surface area contributed by atoms with Crippen LogP contribution in [-0.4, -0.2) is 23.3 Å². The lowest BCUT2D eigenvalue weighted by molar-refractivity contribution is -0.384. The Morgan fingerprint density at radius 3 is 2.42 bits per heavy atom. The van der Waals surface area contributed by atoms with Crippen molar-refractivity contribution in [1.29, 1.82) is 0 Å². The number of nitrogens with zero attached hydrogens (tertiary/aromatic N) is 1. The molecule has 2 aromatic rings. The standard InChI is InChI=1S/C15H9ClF3N3O4/c16-9-5-7(22(25)26)1-2-8(9)15(24)20-6-12(23)21-11-4-3-10(17)13(18)14(11)19/h1-5H,6H2,(H,20,24)(H,21,23). The Kier molecular flexibility index (Phi) is 5.78. The van der Waals surface area contributed by atoms with Crippen molar-refractivity contribution in [3.8, 4) is 0 Å². The number of carbonyl (C=O) groups excluding carboxylic acids is 2. The molecule has 0 saturated heterocycles. The van der Waals surface area contributed by atoms with Gasteiger partial charge in [-0.05, 0) is 18.2 Å². The Balaban J connectivity index is 2.00. The molecule has 0 spiro atoms. The highest BCUT2D eigenvalue weighted by molar-refractivity contribution is 6.34. The van der Waals surface area contributed by atoms with Gasteiger partial charge in [0.05, 0.1) is 27.7 Å². The largest absolute Gasteiger partial charge is 0.343 e. The highest BCUT2D eigenvalue weighted by atomic mass is 35.5. The normalized spacial score (nSPS) is 10.3. The minimum Gasteiger partial charge on any atom is -0.343 e. The molecule has 0 radical (unpaired) electrons. The van der Waals surface area contributed by atoms with Crippen LogP contribution in [0.2, 0.25) is 5.02 Å². The molecule has 0 fully saturated rings. The summed E-state index contributed by atoms with van der Waals surface area (Å²) >= 11 is 5.77. The number of nitrogens with one attached hydrogen (secondary N) is 2. The van der Waals surface area contributed by atoms with Gasteiger partial charge in [-0.3, -0.25) is 19.7 Å². The van der Waals surface area contributed by atoms with E-state index in [9.17, 15) is 32.9 Å². The molecule has 0 aliphatic heterocycles. The van der Waals surface area contributed by atoms with Crippen LogP contribution in [0, 0.1) is 27.6 Å². The number of nitro benzene ring substituents is 1. The molecule has 2 aromatic carbocycles. The van der Waals surface area contributed by atoms with Crippen LogP contribution in [0.1, 0.15) is 10.4 Å². The number of carbonyl (C=O) groups is 2. The number of non-ortho nitro benzene ring substituents is 1. The van der Waals surface area contributed by atoms with E-state index in [2.05, 4.69) is 5.32 Å². The van der Waals surface area contributed by atoms with Gasteiger partial charge in [0.2, 0.25) is 5.91 Å². The quantitative estimate of drug-likeness (QED) is 0.467. The lowest BCUT2D eigenvalue weighted by Gasteiger charge is -2.09. The summed E-state index contributed by atoms with van der Waals surface area (Å²) in [5, 5.41) is 14.5. The van der Waals surface area contributed by atoms with Gasteiger partial charge < -0.3 is 10.6 Å². The molecule has 0 saturated carbocycles. The summed E-state index contributed by atoms with van der Waals surface area (Å²) in [5.74, 6) is -6.47. The first-order valence-electron chi connectivity index (χ1n) is 6.86. The van der Waals surface area contributed by atoms with Crippen LogP contribution >= 0.6 is 11.6 Å². The molecule has 7 nitrogen and oxygen atoms in total. The topological polar surface area (TPSA) is 101 Å². The Hall–Kier alpha value is -3.14. The summed E-state index contributed by atoms with van der Waals surface area (Å²) in [6.45, 7) is -0.634. The predicted molar refractivity (Wildman–Crippen MR) is 85.4 cm³/mol. The molecular weight excluding hydrogens is 379 g/mol. The van der Waals surface area contributed by atoms with Crippen molar-refractivity contribution in [3.05, 3.63) is 68.5 Å². The van der Waals surface area contributed by atoms with Crippen molar-refractivity contribution in [3.63, 3.8) is 0 Å². The maximum atomic E-state index is 13.5. The van der Waals surface area contributed by atoms with Gasteiger partial charge >= 0.3 is 0 Å². The summed E-state index contributed by atoms with van der Waals surface area (Å²) < 4.78 is 39.3.